The number of nitrogens with one attached hydrogen (secondary N) is 2. The Morgan fingerprint density at radius 3 is 2.78 bits per heavy atom. The van der Waals surface area contributed by atoms with E-state index in [0.29, 0.717) is 0 Å². The van der Waals surface area contributed by atoms with Crippen LogP contribution in [0.2, 0.25) is 0 Å². The van der Waals surface area contributed by atoms with Crippen LogP contribution in [0.15, 0.2) is 23.0 Å². The maximum atomic E-state index is 11.6. The molecule has 1 rings (SSSR count). The SMILES string of the molecule is COC(CNC(=O)c1cccc(=O)[nH]1)CC(=O)O. The van der Waals surface area contributed by atoms with Gasteiger partial charge in [0, 0.05) is 19.7 Å². The topological polar surface area (TPSA) is 108 Å². The molecule has 1 unspecified atom stereocenters. The Labute approximate surface area is 103 Å². The van der Waals surface area contributed by atoms with Gasteiger partial charge in [-0.3, -0.25) is 14.4 Å². The molecule has 1 aromatic heterocycles. The van der Waals surface area contributed by atoms with Gasteiger partial charge in [-0.2, -0.15) is 0 Å². The molecule has 1 amide bonds. The summed E-state index contributed by atoms with van der Waals surface area (Å²) in [7, 11) is 1.37. The number of carbonyl (C=O) groups excluding carboxylic acids is 1. The predicted molar refractivity (Wildman–Crippen MR) is 62.4 cm³/mol. The first-order valence-electron chi connectivity index (χ1n) is 5.25. The minimum absolute atomic E-state index is 0.0541. The number of carboxylic acid groups (broad SMARTS) is 1. The molecule has 1 atom stereocenters. The quantitative estimate of drug-likeness (QED) is 0.639. The lowest BCUT2D eigenvalue weighted by Crippen LogP contribution is -2.35. The lowest BCUT2D eigenvalue weighted by atomic mass is 10.2. The van der Waals surface area contributed by atoms with Crippen LogP contribution in [0.3, 0.4) is 0 Å². The van der Waals surface area contributed by atoms with Gasteiger partial charge in [0.15, 0.2) is 0 Å². The number of aromatic nitrogens is 1. The molecule has 0 aliphatic heterocycles. The van der Waals surface area contributed by atoms with E-state index in [1.165, 1.54) is 25.3 Å². The zero-order valence-electron chi connectivity index (χ0n) is 9.80. The van der Waals surface area contributed by atoms with Crippen LogP contribution < -0.4 is 10.9 Å². The maximum Gasteiger partial charge on any atom is 0.306 e. The van der Waals surface area contributed by atoms with Crippen molar-refractivity contribution in [1.29, 1.82) is 0 Å². The van der Waals surface area contributed by atoms with E-state index in [4.69, 9.17) is 9.84 Å². The summed E-state index contributed by atoms with van der Waals surface area (Å²) in [5.74, 6) is -1.50. The highest BCUT2D eigenvalue weighted by atomic mass is 16.5. The number of hydrogen-bond acceptors (Lipinski definition) is 4. The summed E-state index contributed by atoms with van der Waals surface area (Å²) in [6, 6.07) is 4.20. The van der Waals surface area contributed by atoms with E-state index >= 15 is 0 Å². The molecule has 98 valence electrons. The first-order chi connectivity index (χ1) is 8.52. The fraction of sp³-hybridized carbons (Fsp3) is 0.364. The van der Waals surface area contributed by atoms with Gasteiger partial charge in [0.25, 0.3) is 5.91 Å². The molecule has 3 N–H and O–H groups in total. The van der Waals surface area contributed by atoms with Crippen LogP contribution >= 0.6 is 0 Å². The van der Waals surface area contributed by atoms with E-state index in [9.17, 15) is 14.4 Å². The Hall–Kier alpha value is -2.15. The van der Waals surface area contributed by atoms with Crippen molar-refractivity contribution >= 4 is 11.9 Å². The molecule has 0 fully saturated rings. The Kier molecular flexibility index (Phi) is 5.06. The highest BCUT2D eigenvalue weighted by Gasteiger charge is 2.14. The number of rotatable bonds is 6. The van der Waals surface area contributed by atoms with Gasteiger partial charge in [-0.05, 0) is 6.07 Å². The smallest absolute Gasteiger partial charge is 0.306 e. The van der Waals surface area contributed by atoms with Crippen LogP contribution in [-0.2, 0) is 9.53 Å². The second-order valence-electron chi connectivity index (χ2n) is 3.59. The van der Waals surface area contributed by atoms with Gasteiger partial charge in [0.05, 0.1) is 12.5 Å². The van der Waals surface area contributed by atoms with Crippen molar-refractivity contribution in [3.05, 3.63) is 34.2 Å². The maximum absolute atomic E-state index is 11.6. The first-order valence-corrected chi connectivity index (χ1v) is 5.25. The molecule has 0 radical (unpaired) electrons. The van der Waals surface area contributed by atoms with E-state index in [1.807, 2.05) is 0 Å². The molecule has 1 heterocycles. The lowest BCUT2D eigenvalue weighted by Gasteiger charge is -2.13. The molecule has 0 saturated carbocycles. The van der Waals surface area contributed by atoms with Crippen molar-refractivity contribution in [2.75, 3.05) is 13.7 Å². The number of H-pyrrole nitrogens is 1. The van der Waals surface area contributed by atoms with E-state index < -0.39 is 18.0 Å². The monoisotopic (exact) mass is 254 g/mol. The van der Waals surface area contributed by atoms with Crippen molar-refractivity contribution in [1.82, 2.24) is 10.3 Å². The van der Waals surface area contributed by atoms with Crippen molar-refractivity contribution < 1.29 is 19.4 Å². The number of methoxy groups -OCH3 is 1. The van der Waals surface area contributed by atoms with Crippen molar-refractivity contribution in [3.8, 4) is 0 Å². The van der Waals surface area contributed by atoms with E-state index in [0.717, 1.165) is 0 Å². The molecule has 0 aliphatic carbocycles. The lowest BCUT2D eigenvalue weighted by molar-refractivity contribution is -0.139. The zero-order valence-corrected chi connectivity index (χ0v) is 9.80. The molecule has 0 aromatic carbocycles. The Bertz CT molecular complexity index is 482. The first kappa shape index (κ1) is 13.9. The number of pyridine rings is 1. The summed E-state index contributed by atoms with van der Waals surface area (Å²) in [6.45, 7) is 0.0541. The average Bonchev–Trinajstić information content (AvgIpc) is 2.33. The second kappa shape index (κ2) is 6.55. The number of hydrogen-bond donors (Lipinski definition) is 3. The third-order valence-electron chi connectivity index (χ3n) is 2.24. The molecule has 7 nitrogen and oxygen atoms in total. The summed E-state index contributed by atoms with van der Waals surface area (Å²) in [6.07, 6.45) is -0.816. The fourth-order valence-corrected chi connectivity index (χ4v) is 1.32. The summed E-state index contributed by atoms with van der Waals surface area (Å²) in [4.78, 5) is 35.5. The number of aromatic amines is 1. The van der Waals surface area contributed by atoms with Gasteiger partial charge in [0.2, 0.25) is 5.56 Å². The molecule has 0 aliphatic rings. The second-order valence-corrected chi connectivity index (χ2v) is 3.59. The van der Waals surface area contributed by atoms with Crippen molar-refractivity contribution in [3.63, 3.8) is 0 Å². The number of carboxylic acids is 1. The molecule has 7 heteroatoms. The van der Waals surface area contributed by atoms with Crippen molar-refractivity contribution in [2.45, 2.75) is 12.5 Å². The van der Waals surface area contributed by atoms with Gasteiger partial charge < -0.3 is 20.1 Å². The predicted octanol–water partition coefficient (Wildman–Crippen LogP) is -0.406. The van der Waals surface area contributed by atoms with E-state index in [-0.39, 0.29) is 24.2 Å². The van der Waals surface area contributed by atoms with Crippen LogP contribution in [0.5, 0.6) is 0 Å². The molecule has 0 bridgehead atoms. The van der Waals surface area contributed by atoms with Gasteiger partial charge in [-0.15, -0.1) is 0 Å². The third kappa shape index (κ3) is 4.38. The fourth-order valence-electron chi connectivity index (χ4n) is 1.32. The van der Waals surface area contributed by atoms with Gasteiger partial charge in [0.1, 0.15) is 5.69 Å². The Morgan fingerprint density at radius 1 is 1.50 bits per heavy atom. The number of ether oxygens (including phenoxy) is 1. The average molecular weight is 254 g/mol. The minimum atomic E-state index is -1.01. The molecular formula is C11H14N2O5. The summed E-state index contributed by atoms with van der Waals surface area (Å²) < 4.78 is 4.90. The highest BCUT2D eigenvalue weighted by molar-refractivity contribution is 5.92. The van der Waals surface area contributed by atoms with Gasteiger partial charge in [-0.25, -0.2) is 0 Å². The summed E-state index contributed by atoms with van der Waals surface area (Å²) in [5, 5.41) is 11.1. The van der Waals surface area contributed by atoms with Crippen LogP contribution in [0.25, 0.3) is 0 Å². The van der Waals surface area contributed by atoms with Gasteiger partial charge in [-0.1, -0.05) is 6.07 Å². The Morgan fingerprint density at radius 2 is 2.22 bits per heavy atom. The molecular weight excluding hydrogens is 240 g/mol. The summed E-state index contributed by atoms with van der Waals surface area (Å²) in [5.41, 5.74) is -0.260. The molecule has 0 saturated heterocycles. The van der Waals surface area contributed by atoms with Crippen molar-refractivity contribution in [2.24, 2.45) is 0 Å². The largest absolute Gasteiger partial charge is 0.481 e. The van der Waals surface area contributed by atoms with E-state index in [2.05, 4.69) is 10.3 Å². The zero-order chi connectivity index (χ0) is 13.5. The van der Waals surface area contributed by atoms with Crippen LogP contribution in [-0.4, -0.2) is 41.7 Å². The normalized spacial score (nSPS) is 11.8. The Balaban J connectivity index is 2.55. The van der Waals surface area contributed by atoms with Crippen LogP contribution in [0, 0.1) is 0 Å². The number of aliphatic carboxylic acids is 1. The molecule has 0 spiro atoms. The summed E-state index contributed by atoms with van der Waals surface area (Å²) >= 11 is 0. The molecule has 18 heavy (non-hydrogen) atoms. The number of carbonyl (C=O) groups is 2. The third-order valence-corrected chi connectivity index (χ3v) is 2.24. The number of amides is 1. The molecule has 1 aromatic rings. The standard InChI is InChI=1S/C11H14N2O5/c1-18-7(5-10(15)16)6-12-11(17)8-3-2-4-9(14)13-8/h2-4,7H,5-6H2,1H3,(H,12,17)(H,13,14)(H,15,16). The van der Waals surface area contributed by atoms with Gasteiger partial charge >= 0.3 is 5.97 Å². The van der Waals surface area contributed by atoms with E-state index in [1.54, 1.807) is 0 Å². The van der Waals surface area contributed by atoms with Crippen LogP contribution in [0.4, 0.5) is 0 Å². The highest BCUT2D eigenvalue weighted by Crippen LogP contribution is 1.97. The minimum Gasteiger partial charge on any atom is -0.481 e. The van der Waals surface area contributed by atoms with Crippen LogP contribution in [0.1, 0.15) is 16.9 Å².